The number of carboxylic acid groups (broad SMARTS) is 1. The van der Waals surface area contributed by atoms with Crippen LogP contribution in [0.25, 0.3) is 11.1 Å². The smallest absolute Gasteiger partial charge is 0.339 e. The number of hydrogen-bond donors (Lipinski definition) is 4. The molecular formula is C18H14ClNO7S2. The zero-order valence-corrected chi connectivity index (χ0v) is 17.1. The number of aromatic hydroxyl groups is 2. The molecule has 2 aromatic carbocycles. The summed E-state index contributed by atoms with van der Waals surface area (Å²) in [6.45, 7) is 0. The van der Waals surface area contributed by atoms with Crippen molar-refractivity contribution in [2.75, 3.05) is 11.4 Å². The normalized spacial score (nSPS) is 11.8. The Kier molecular flexibility index (Phi) is 5.99. The molecule has 152 valence electrons. The first-order valence-corrected chi connectivity index (χ1v) is 10.1. The van der Waals surface area contributed by atoms with Gasteiger partial charge in [0.15, 0.2) is 11.5 Å². The predicted molar refractivity (Wildman–Crippen MR) is 111 cm³/mol. The summed E-state index contributed by atoms with van der Waals surface area (Å²) in [7, 11) is 1.41. The average molecular weight is 456 g/mol. The fourth-order valence-corrected chi connectivity index (χ4v) is 4.66. The van der Waals surface area contributed by atoms with Crippen LogP contribution in [0, 0.1) is 0 Å². The first-order chi connectivity index (χ1) is 13.7. The molecule has 1 atom stereocenters. The lowest BCUT2D eigenvalue weighted by Gasteiger charge is -2.18. The fraction of sp³-hybridized carbons (Fsp3) is 0.0556. The molecule has 8 nitrogen and oxygen atoms in total. The molecule has 0 fully saturated rings. The molecule has 0 saturated heterocycles. The average Bonchev–Trinajstić information content (AvgIpc) is 3.02. The molecule has 0 saturated carbocycles. The van der Waals surface area contributed by atoms with Crippen molar-refractivity contribution in [1.82, 2.24) is 0 Å². The number of rotatable bonds is 6. The summed E-state index contributed by atoms with van der Waals surface area (Å²) in [4.78, 5) is 11.1. The first kappa shape index (κ1) is 20.9. The summed E-state index contributed by atoms with van der Waals surface area (Å²) in [5, 5.41) is 29.0. The number of benzene rings is 2. The molecule has 3 rings (SSSR count). The third-order valence-electron chi connectivity index (χ3n) is 3.97. The number of anilines is 2. The maximum Gasteiger partial charge on any atom is 0.339 e. The molecule has 0 aliphatic rings. The van der Waals surface area contributed by atoms with Gasteiger partial charge >= 0.3 is 5.97 Å². The Morgan fingerprint density at radius 1 is 1.14 bits per heavy atom. The van der Waals surface area contributed by atoms with Gasteiger partial charge in [-0.15, -0.1) is 11.3 Å². The van der Waals surface area contributed by atoms with Crippen LogP contribution in [0.3, 0.4) is 0 Å². The highest BCUT2D eigenvalue weighted by molar-refractivity contribution is 7.81. The number of hydrogen-bond acceptors (Lipinski definition) is 6. The van der Waals surface area contributed by atoms with Crippen LogP contribution in [0.5, 0.6) is 17.2 Å². The highest BCUT2D eigenvalue weighted by atomic mass is 35.5. The Labute approximate surface area is 176 Å². The van der Waals surface area contributed by atoms with Crippen molar-refractivity contribution in [3.8, 4) is 28.4 Å². The van der Waals surface area contributed by atoms with Crippen LogP contribution in [0.2, 0.25) is 4.34 Å². The van der Waals surface area contributed by atoms with Crippen molar-refractivity contribution >= 4 is 50.9 Å². The molecule has 0 bridgehead atoms. The number of thiophene rings is 1. The fourth-order valence-electron chi connectivity index (χ4n) is 2.62. The van der Waals surface area contributed by atoms with E-state index in [4.69, 9.17) is 21.4 Å². The number of nitrogens with zero attached hydrogens (tertiary/aromatic N) is 1. The Hall–Kier alpha value is -2.79. The van der Waals surface area contributed by atoms with Crippen molar-refractivity contribution in [2.45, 2.75) is 0 Å². The molecule has 0 amide bonds. The van der Waals surface area contributed by atoms with Gasteiger partial charge in [0, 0.05) is 11.6 Å². The van der Waals surface area contributed by atoms with Crippen LogP contribution < -0.4 is 9.04 Å². The van der Waals surface area contributed by atoms with E-state index in [-0.39, 0.29) is 27.8 Å². The number of halogens is 1. The maximum absolute atomic E-state index is 12.0. The number of carbonyl (C=O) groups is 1. The van der Waals surface area contributed by atoms with Gasteiger partial charge in [-0.1, -0.05) is 17.7 Å². The maximum atomic E-state index is 12.0. The van der Waals surface area contributed by atoms with Gasteiger partial charge in [-0.3, -0.25) is 4.55 Å². The molecule has 0 radical (unpaired) electrons. The van der Waals surface area contributed by atoms with Gasteiger partial charge in [-0.2, -0.15) is 0 Å². The van der Waals surface area contributed by atoms with E-state index < -0.39 is 23.0 Å². The van der Waals surface area contributed by atoms with Gasteiger partial charge in [-0.25, -0.2) is 13.3 Å². The molecule has 3 aromatic rings. The minimum atomic E-state index is -2.53. The molecule has 0 aliphatic heterocycles. The van der Waals surface area contributed by atoms with Gasteiger partial charge in [-0.05, 0) is 35.9 Å². The second-order valence-corrected chi connectivity index (χ2v) is 8.15. The van der Waals surface area contributed by atoms with Crippen LogP contribution in [0.1, 0.15) is 10.4 Å². The van der Waals surface area contributed by atoms with Gasteiger partial charge in [0.2, 0.25) is 0 Å². The molecule has 0 spiro atoms. The van der Waals surface area contributed by atoms with E-state index >= 15 is 0 Å². The van der Waals surface area contributed by atoms with E-state index in [0.29, 0.717) is 15.5 Å². The third kappa shape index (κ3) is 4.15. The monoisotopic (exact) mass is 455 g/mol. The highest BCUT2D eigenvalue weighted by Gasteiger charge is 2.22. The van der Waals surface area contributed by atoms with Crippen LogP contribution in [0.15, 0.2) is 42.5 Å². The molecule has 1 aromatic heterocycles. The number of methoxy groups -OCH3 is 1. The molecule has 11 heteroatoms. The second-order valence-electron chi connectivity index (χ2n) is 5.69. The molecule has 1 unspecified atom stereocenters. The zero-order chi connectivity index (χ0) is 21.3. The lowest BCUT2D eigenvalue weighted by atomic mass is 10.1. The quantitative estimate of drug-likeness (QED) is 0.404. The number of phenolic OH excluding ortho intramolecular Hbond substituents is 1. The number of carboxylic acids is 1. The van der Waals surface area contributed by atoms with Crippen molar-refractivity contribution in [2.24, 2.45) is 0 Å². The van der Waals surface area contributed by atoms with Gasteiger partial charge < -0.3 is 20.1 Å². The second kappa shape index (κ2) is 8.29. The van der Waals surface area contributed by atoms with Crippen LogP contribution in [0.4, 0.5) is 10.7 Å². The summed E-state index contributed by atoms with van der Waals surface area (Å²) in [5.41, 5.74) is 0.909. The third-order valence-corrected chi connectivity index (χ3v) is 6.15. The lowest BCUT2D eigenvalue weighted by molar-refractivity contribution is 0.0693. The van der Waals surface area contributed by atoms with E-state index in [9.17, 15) is 23.8 Å². The summed E-state index contributed by atoms with van der Waals surface area (Å²) >= 11 is 4.81. The van der Waals surface area contributed by atoms with Gasteiger partial charge in [0.1, 0.15) is 20.7 Å². The predicted octanol–water partition coefficient (Wildman–Crippen LogP) is 4.46. The zero-order valence-electron chi connectivity index (χ0n) is 14.7. The van der Waals surface area contributed by atoms with E-state index in [1.807, 2.05) is 0 Å². The minimum Gasteiger partial charge on any atom is -0.507 e. The van der Waals surface area contributed by atoms with Crippen LogP contribution in [-0.2, 0) is 11.3 Å². The SMILES string of the molecule is COc1cc(-c2cc(N(c3ccc(C(=O)O)c(O)c3)S(=O)O)sc2Cl)ccc1O. The Balaban J connectivity index is 2.07. The molecule has 29 heavy (non-hydrogen) atoms. The number of ether oxygens (including phenoxy) is 1. The van der Waals surface area contributed by atoms with Crippen molar-refractivity contribution in [3.63, 3.8) is 0 Å². The van der Waals surface area contributed by atoms with Crippen molar-refractivity contribution < 1.29 is 33.6 Å². The van der Waals surface area contributed by atoms with Crippen molar-refractivity contribution in [1.29, 1.82) is 0 Å². The molecule has 1 heterocycles. The standard InChI is InChI=1S/C18H14ClNO7S2/c1-27-15-6-9(2-5-13(15)21)12-8-16(28-17(12)19)20(29(25)26)10-3-4-11(18(23)24)14(22)7-10/h2-8,21-22H,1H3,(H,23,24)(H,25,26). The van der Waals surface area contributed by atoms with Gasteiger partial charge in [0.25, 0.3) is 11.3 Å². The molecule has 4 N–H and O–H groups in total. The number of phenols is 2. The Bertz CT molecular complexity index is 1120. The first-order valence-electron chi connectivity index (χ1n) is 7.87. The van der Waals surface area contributed by atoms with E-state index in [1.54, 1.807) is 18.2 Å². The minimum absolute atomic E-state index is 0.0464. The number of aromatic carboxylic acids is 1. The summed E-state index contributed by atoms with van der Waals surface area (Å²) in [6, 6.07) is 9.70. The van der Waals surface area contributed by atoms with E-state index in [2.05, 4.69) is 0 Å². The lowest BCUT2D eigenvalue weighted by Crippen LogP contribution is -2.18. The van der Waals surface area contributed by atoms with E-state index in [0.717, 1.165) is 27.8 Å². The Morgan fingerprint density at radius 3 is 2.45 bits per heavy atom. The van der Waals surface area contributed by atoms with Gasteiger partial charge in [0.05, 0.1) is 12.8 Å². The van der Waals surface area contributed by atoms with Crippen LogP contribution in [-0.4, -0.2) is 37.2 Å². The topological polar surface area (TPSA) is 128 Å². The largest absolute Gasteiger partial charge is 0.507 e. The summed E-state index contributed by atoms with van der Waals surface area (Å²) < 4.78 is 28.2. The summed E-state index contributed by atoms with van der Waals surface area (Å²) in [6.07, 6.45) is 0. The molecular weight excluding hydrogens is 442 g/mol. The Morgan fingerprint density at radius 2 is 1.86 bits per heavy atom. The highest BCUT2D eigenvalue weighted by Crippen LogP contribution is 2.45. The van der Waals surface area contributed by atoms with Crippen molar-refractivity contribution in [3.05, 3.63) is 52.4 Å². The van der Waals surface area contributed by atoms with E-state index in [1.165, 1.54) is 19.2 Å². The summed E-state index contributed by atoms with van der Waals surface area (Å²) in [5.74, 6) is -1.68. The van der Waals surface area contributed by atoms with Crippen LogP contribution >= 0.6 is 22.9 Å². The molecule has 0 aliphatic carbocycles.